The van der Waals surface area contributed by atoms with Crippen LogP contribution >= 0.6 is 22.9 Å². The zero-order valence-corrected chi connectivity index (χ0v) is 26.3. The predicted octanol–water partition coefficient (Wildman–Crippen LogP) is 12.1. The first-order valence-electron chi connectivity index (χ1n) is 15.4. The van der Waals surface area contributed by atoms with Crippen molar-refractivity contribution >= 4 is 86.6 Å². The quantitative estimate of drug-likeness (QED) is 0.193. The Hall–Kier alpha value is -5.62. The maximum atomic E-state index is 6.54. The van der Waals surface area contributed by atoms with Crippen molar-refractivity contribution in [1.82, 2.24) is 15.0 Å². The summed E-state index contributed by atoms with van der Waals surface area (Å²) in [5.41, 5.74) is 4.30. The molecule has 0 saturated heterocycles. The van der Waals surface area contributed by atoms with Gasteiger partial charge in [0.1, 0.15) is 5.58 Å². The Balaban J connectivity index is 1.23. The van der Waals surface area contributed by atoms with Crippen molar-refractivity contribution in [3.05, 3.63) is 138 Å². The van der Waals surface area contributed by atoms with Crippen molar-refractivity contribution in [3.63, 3.8) is 0 Å². The molecule has 0 amide bonds. The first-order chi connectivity index (χ1) is 23.2. The van der Waals surface area contributed by atoms with Gasteiger partial charge in [0.05, 0.1) is 5.02 Å². The van der Waals surface area contributed by atoms with Gasteiger partial charge in [-0.25, -0.2) is 15.0 Å². The Morgan fingerprint density at radius 1 is 0.489 bits per heavy atom. The molecular weight excluding hydrogens is 618 g/mol. The summed E-state index contributed by atoms with van der Waals surface area (Å²) in [5, 5.41) is 9.51. The summed E-state index contributed by atoms with van der Waals surface area (Å²) in [5.74, 6) is 1.88. The minimum atomic E-state index is 0.598. The summed E-state index contributed by atoms with van der Waals surface area (Å²) in [6.07, 6.45) is 0. The van der Waals surface area contributed by atoms with Gasteiger partial charge < -0.3 is 4.42 Å². The highest BCUT2D eigenvalue weighted by atomic mass is 35.5. The van der Waals surface area contributed by atoms with Crippen molar-refractivity contribution < 1.29 is 4.42 Å². The molecule has 3 aromatic heterocycles. The van der Waals surface area contributed by atoms with Crippen molar-refractivity contribution in [2.75, 3.05) is 0 Å². The second-order valence-corrected chi connectivity index (χ2v) is 13.2. The normalized spacial score (nSPS) is 11.9. The molecule has 7 aromatic carbocycles. The maximum Gasteiger partial charge on any atom is 0.164 e. The molecule has 10 rings (SSSR count). The van der Waals surface area contributed by atoms with Crippen LogP contribution in [-0.2, 0) is 0 Å². The van der Waals surface area contributed by atoms with Crippen LogP contribution in [0.4, 0.5) is 0 Å². The Kier molecular flexibility index (Phi) is 5.77. The van der Waals surface area contributed by atoms with Gasteiger partial charge >= 0.3 is 0 Å². The van der Waals surface area contributed by atoms with E-state index in [2.05, 4.69) is 115 Å². The smallest absolute Gasteiger partial charge is 0.164 e. The van der Waals surface area contributed by atoms with Gasteiger partial charge in [-0.3, -0.25) is 0 Å². The third-order valence-corrected chi connectivity index (χ3v) is 10.4. The number of hydrogen-bond donors (Lipinski definition) is 0. The molecule has 4 nitrogen and oxygen atoms in total. The van der Waals surface area contributed by atoms with E-state index in [-0.39, 0.29) is 0 Å². The highest BCUT2D eigenvalue weighted by Gasteiger charge is 2.18. The lowest BCUT2D eigenvalue weighted by atomic mass is 10.0. The second kappa shape index (κ2) is 10.2. The average molecular weight is 640 g/mol. The Morgan fingerprint density at radius 2 is 1.15 bits per heavy atom. The largest absolute Gasteiger partial charge is 0.454 e. The number of benzene rings is 7. The highest BCUT2D eigenvalue weighted by molar-refractivity contribution is 7.25. The van der Waals surface area contributed by atoms with Gasteiger partial charge in [0.25, 0.3) is 0 Å². The van der Waals surface area contributed by atoms with Gasteiger partial charge in [-0.05, 0) is 51.9 Å². The molecular formula is C41H22ClN3OS. The Bertz CT molecular complexity index is 2880. The molecule has 0 atom stereocenters. The number of halogens is 1. The molecule has 0 N–H and O–H groups in total. The van der Waals surface area contributed by atoms with Gasteiger partial charge in [0.15, 0.2) is 23.1 Å². The monoisotopic (exact) mass is 639 g/mol. The molecule has 10 aromatic rings. The number of hydrogen-bond acceptors (Lipinski definition) is 5. The van der Waals surface area contributed by atoms with Crippen LogP contribution in [-0.4, -0.2) is 15.0 Å². The van der Waals surface area contributed by atoms with Crippen molar-refractivity contribution in [3.8, 4) is 34.2 Å². The molecule has 0 unspecified atom stereocenters. The molecule has 0 aliphatic heterocycles. The van der Waals surface area contributed by atoms with Gasteiger partial charge in [0, 0.05) is 47.6 Å². The number of aromatic nitrogens is 3. The van der Waals surface area contributed by atoms with E-state index < -0.39 is 0 Å². The van der Waals surface area contributed by atoms with E-state index in [4.69, 9.17) is 31.0 Å². The lowest BCUT2D eigenvalue weighted by molar-refractivity contribution is 0.669. The number of furan rings is 1. The fraction of sp³-hybridized carbons (Fsp3) is 0. The average Bonchev–Trinajstić information content (AvgIpc) is 3.70. The SMILES string of the molecule is Clc1cccc2c1oc1ccc3ccc(-c4nc(-c5ccc6c(c5)sc5ccccc56)nc(-c5cccc6ccccc56)n4)cc3c12. The zero-order valence-electron chi connectivity index (χ0n) is 24.7. The summed E-state index contributed by atoms with van der Waals surface area (Å²) < 4.78 is 8.69. The van der Waals surface area contributed by atoms with Crippen LogP contribution in [0.15, 0.2) is 138 Å². The van der Waals surface area contributed by atoms with Crippen LogP contribution in [0, 0.1) is 0 Å². The van der Waals surface area contributed by atoms with Crippen LogP contribution in [0.25, 0.3) is 97.8 Å². The lowest BCUT2D eigenvalue weighted by Gasteiger charge is -2.11. The zero-order chi connectivity index (χ0) is 31.1. The number of para-hydroxylation sites is 1. The maximum absolute atomic E-state index is 6.54. The van der Waals surface area contributed by atoms with Crippen LogP contribution in [0.2, 0.25) is 5.02 Å². The molecule has 0 bridgehead atoms. The molecule has 220 valence electrons. The van der Waals surface area contributed by atoms with Crippen LogP contribution < -0.4 is 0 Å². The van der Waals surface area contributed by atoms with E-state index >= 15 is 0 Å². The molecule has 0 radical (unpaired) electrons. The summed E-state index contributed by atoms with van der Waals surface area (Å²) in [4.78, 5) is 15.4. The van der Waals surface area contributed by atoms with Crippen LogP contribution in [0.3, 0.4) is 0 Å². The third kappa shape index (κ3) is 4.17. The van der Waals surface area contributed by atoms with E-state index in [1.54, 1.807) is 11.3 Å². The molecule has 0 aliphatic carbocycles. The van der Waals surface area contributed by atoms with Crippen LogP contribution in [0.1, 0.15) is 0 Å². The van der Waals surface area contributed by atoms with E-state index in [9.17, 15) is 0 Å². The lowest BCUT2D eigenvalue weighted by Crippen LogP contribution is -2.00. The van der Waals surface area contributed by atoms with E-state index in [0.29, 0.717) is 28.1 Å². The number of nitrogens with zero attached hydrogens (tertiary/aromatic N) is 3. The summed E-state index contributed by atoms with van der Waals surface area (Å²) in [6, 6.07) is 46.0. The summed E-state index contributed by atoms with van der Waals surface area (Å²) in [6.45, 7) is 0. The fourth-order valence-electron chi connectivity index (χ4n) is 6.76. The van der Waals surface area contributed by atoms with Gasteiger partial charge in [-0.15, -0.1) is 11.3 Å². The van der Waals surface area contributed by atoms with Gasteiger partial charge in [-0.2, -0.15) is 0 Å². The molecule has 6 heteroatoms. The summed E-state index contributed by atoms with van der Waals surface area (Å²) in [7, 11) is 0. The van der Waals surface area contributed by atoms with Gasteiger partial charge in [0.2, 0.25) is 0 Å². The Morgan fingerprint density at radius 3 is 2.06 bits per heavy atom. The van der Waals surface area contributed by atoms with Crippen LogP contribution in [0.5, 0.6) is 0 Å². The topological polar surface area (TPSA) is 51.8 Å². The Labute approximate surface area is 277 Å². The van der Waals surface area contributed by atoms with Crippen molar-refractivity contribution in [2.45, 2.75) is 0 Å². The number of fused-ring (bicyclic) bond motifs is 9. The van der Waals surface area contributed by atoms with Gasteiger partial charge in [-0.1, -0.05) is 115 Å². The minimum absolute atomic E-state index is 0.598. The summed E-state index contributed by atoms with van der Waals surface area (Å²) >= 11 is 8.33. The van der Waals surface area contributed by atoms with E-state index in [1.165, 1.54) is 20.2 Å². The second-order valence-electron chi connectivity index (χ2n) is 11.7. The standard InChI is InChI=1S/C41H22ClN3OS/c42-33-13-6-12-31-37-32-21-25(16-15-24(32)18-20-34(37)46-38(31)33)39-43-40(26-17-19-29-28-10-3-4-14-35(28)47-36(29)22-26)45-41(44-39)30-11-5-8-23-7-1-2-9-27(23)30/h1-22H. The third-order valence-electron chi connectivity index (χ3n) is 8.99. The number of thiophene rings is 1. The molecule has 0 aliphatic rings. The van der Waals surface area contributed by atoms with E-state index in [1.807, 2.05) is 18.2 Å². The van der Waals surface area contributed by atoms with Crippen molar-refractivity contribution in [2.24, 2.45) is 0 Å². The first-order valence-corrected chi connectivity index (χ1v) is 16.6. The number of rotatable bonds is 3. The molecule has 0 spiro atoms. The molecule has 0 fully saturated rings. The minimum Gasteiger partial charge on any atom is -0.454 e. The molecule has 47 heavy (non-hydrogen) atoms. The predicted molar refractivity (Wildman–Crippen MR) is 196 cm³/mol. The molecule has 3 heterocycles. The van der Waals surface area contributed by atoms with Crippen molar-refractivity contribution in [1.29, 1.82) is 0 Å². The molecule has 0 saturated carbocycles. The van der Waals surface area contributed by atoms with E-state index in [0.717, 1.165) is 54.6 Å². The highest BCUT2D eigenvalue weighted by Crippen LogP contribution is 2.40. The fourth-order valence-corrected chi connectivity index (χ4v) is 8.12. The first kappa shape index (κ1) is 26.6.